The Morgan fingerprint density at radius 1 is 1.14 bits per heavy atom. The third-order valence-electron chi connectivity index (χ3n) is 3.92. The normalized spacial score (nSPS) is 15.1. The van der Waals surface area contributed by atoms with Crippen molar-refractivity contribution in [1.82, 2.24) is 9.80 Å². The Balaban J connectivity index is 1.92. The quantitative estimate of drug-likeness (QED) is 0.928. The monoisotopic (exact) mass is 303 g/mol. The van der Waals surface area contributed by atoms with Crippen molar-refractivity contribution < 1.29 is 9.59 Å². The van der Waals surface area contributed by atoms with Crippen LogP contribution < -0.4 is 5.32 Å². The Morgan fingerprint density at radius 3 is 2.45 bits per heavy atom. The average molecular weight is 303 g/mol. The second kappa shape index (κ2) is 7.82. The van der Waals surface area contributed by atoms with Crippen molar-refractivity contribution in [3.05, 3.63) is 29.8 Å². The third-order valence-corrected chi connectivity index (χ3v) is 3.92. The summed E-state index contributed by atoms with van der Waals surface area (Å²) in [5.41, 5.74) is 1.42. The third kappa shape index (κ3) is 4.48. The fourth-order valence-electron chi connectivity index (χ4n) is 2.63. The number of nitrogens with zero attached hydrogens (tertiary/aromatic N) is 2. The number of hydrogen-bond donors (Lipinski definition) is 1. The Hall–Kier alpha value is -2.04. The van der Waals surface area contributed by atoms with Crippen molar-refractivity contribution in [3.63, 3.8) is 0 Å². The van der Waals surface area contributed by atoms with Crippen molar-refractivity contribution in [2.24, 2.45) is 0 Å². The molecule has 0 aliphatic carbocycles. The van der Waals surface area contributed by atoms with Gasteiger partial charge in [-0.3, -0.25) is 9.59 Å². The van der Waals surface area contributed by atoms with E-state index in [0.717, 1.165) is 31.6 Å². The van der Waals surface area contributed by atoms with E-state index in [-0.39, 0.29) is 18.4 Å². The molecule has 2 rings (SSSR count). The molecule has 1 aliphatic rings. The molecule has 0 aromatic heterocycles. The van der Waals surface area contributed by atoms with E-state index in [1.807, 2.05) is 17.0 Å². The van der Waals surface area contributed by atoms with Gasteiger partial charge in [-0.2, -0.15) is 0 Å². The van der Waals surface area contributed by atoms with E-state index in [2.05, 4.69) is 5.32 Å². The standard InChI is InChI=1S/C17H25N3O2/c1-19(2)17(22)14-8-7-9-15(12-14)18-13-16(21)20-10-5-3-4-6-11-20/h7-9,12,18H,3-6,10-11,13H2,1-2H3. The average Bonchev–Trinajstić information content (AvgIpc) is 2.81. The first-order chi connectivity index (χ1) is 10.6. The summed E-state index contributed by atoms with van der Waals surface area (Å²) in [5, 5.41) is 3.13. The highest BCUT2D eigenvalue weighted by molar-refractivity contribution is 5.95. The number of anilines is 1. The maximum atomic E-state index is 12.2. The molecule has 0 unspecified atom stereocenters. The zero-order valence-corrected chi connectivity index (χ0v) is 13.5. The Kier molecular flexibility index (Phi) is 5.81. The van der Waals surface area contributed by atoms with Crippen LogP contribution in [0.5, 0.6) is 0 Å². The summed E-state index contributed by atoms with van der Waals surface area (Å²) >= 11 is 0. The molecule has 0 spiro atoms. The molecule has 1 aromatic rings. The van der Waals surface area contributed by atoms with E-state index >= 15 is 0 Å². The van der Waals surface area contributed by atoms with Gasteiger partial charge < -0.3 is 15.1 Å². The molecule has 1 fully saturated rings. The van der Waals surface area contributed by atoms with Crippen LogP contribution in [0, 0.1) is 0 Å². The summed E-state index contributed by atoms with van der Waals surface area (Å²) in [7, 11) is 3.45. The molecule has 0 radical (unpaired) electrons. The van der Waals surface area contributed by atoms with E-state index in [1.54, 1.807) is 31.1 Å². The van der Waals surface area contributed by atoms with Crippen LogP contribution in [0.1, 0.15) is 36.0 Å². The lowest BCUT2D eigenvalue weighted by molar-refractivity contribution is -0.129. The van der Waals surface area contributed by atoms with Crippen molar-refractivity contribution in [2.75, 3.05) is 39.0 Å². The number of likely N-dealkylation sites (tertiary alicyclic amines) is 1. The van der Waals surface area contributed by atoms with Gasteiger partial charge >= 0.3 is 0 Å². The largest absolute Gasteiger partial charge is 0.376 e. The predicted molar refractivity (Wildman–Crippen MR) is 88.0 cm³/mol. The first-order valence-corrected chi connectivity index (χ1v) is 7.91. The summed E-state index contributed by atoms with van der Waals surface area (Å²) in [6.45, 7) is 2.00. The number of carbonyl (C=O) groups is 2. The molecule has 0 atom stereocenters. The molecule has 1 N–H and O–H groups in total. The van der Waals surface area contributed by atoms with Gasteiger partial charge in [-0.05, 0) is 31.0 Å². The minimum atomic E-state index is -0.0394. The van der Waals surface area contributed by atoms with Crippen molar-refractivity contribution >= 4 is 17.5 Å². The molecule has 22 heavy (non-hydrogen) atoms. The first kappa shape index (κ1) is 16.3. The maximum Gasteiger partial charge on any atom is 0.253 e. The maximum absolute atomic E-state index is 12.2. The lowest BCUT2D eigenvalue weighted by Gasteiger charge is -2.21. The number of benzene rings is 1. The van der Waals surface area contributed by atoms with Crippen LogP contribution in [0.25, 0.3) is 0 Å². The summed E-state index contributed by atoms with van der Waals surface area (Å²) in [5.74, 6) is 0.0914. The first-order valence-electron chi connectivity index (χ1n) is 7.91. The molecule has 0 saturated carbocycles. The van der Waals surface area contributed by atoms with Crippen LogP contribution in [-0.4, -0.2) is 55.3 Å². The molecular weight excluding hydrogens is 278 g/mol. The summed E-state index contributed by atoms with van der Waals surface area (Å²) in [4.78, 5) is 27.7. The van der Waals surface area contributed by atoms with Gasteiger partial charge in [0.25, 0.3) is 5.91 Å². The second-order valence-corrected chi connectivity index (χ2v) is 5.93. The van der Waals surface area contributed by atoms with E-state index < -0.39 is 0 Å². The van der Waals surface area contributed by atoms with E-state index in [1.165, 1.54) is 12.8 Å². The van der Waals surface area contributed by atoms with Gasteiger partial charge in [0.05, 0.1) is 6.54 Å². The Morgan fingerprint density at radius 2 is 1.82 bits per heavy atom. The lowest BCUT2D eigenvalue weighted by atomic mass is 10.2. The van der Waals surface area contributed by atoms with Gasteiger partial charge in [0.1, 0.15) is 0 Å². The highest BCUT2D eigenvalue weighted by atomic mass is 16.2. The van der Waals surface area contributed by atoms with Gasteiger partial charge in [0.2, 0.25) is 5.91 Å². The highest BCUT2D eigenvalue weighted by Crippen LogP contribution is 2.13. The predicted octanol–water partition coefficient (Wildman–Crippen LogP) is 2.20. The van der Waals surface area contributed by atoms with Gasteiger partial charge in [-0.25, -0.2) is 0 Å². The molecule has 1 aromatic carbocycles. The van der Waals surface area contributed by atoms with Crippen LogP contribution >= 0.6 is 0 Å². The fraction of sp³-hybridized carbons (Fsp3) is 0.529. The molecular formula is C17H25N3O2. The Labute approximate surface area is 132 Å². The van der Waals surface area contributed by atoms with Crippen molar-refractivity contribution in [2.45, 2.75) is 25.7 Å². The highest BCUT2D eigenvalue weighted by Gasteiger charge is 2.15. The molecule has 2 amide bonds. The number of carbonyl (C=O) groups excluding carboxylic acids is 2. The minimum absolute atomic E-state index is 0.0394. The molecule has 1 heterocycles. The fourth-order valence-corrected chi connectivity index (χ4v) is 2.63. The van der Waals surface area contributed by atoms with Crippen molar-refractivity contribution in [3.8, 4) is 0 Å². The number of nitrogens with one attached hydrogen (secondary N) is 1. The minimum Gasteiger partial charge on any atom is -0.376 e. The second-order valence-electron chi connectivity index (χ2n) is 5.93. The van der Waals surface area contributed by atoms with Gasteiger partial charge in [0.15, 0.2) is 0 Å². The molecule has 1 saturated heterocycles. The summed E-state index contributed by atoms with van der Waals surface area (Å²) in [6.07, 6.45) is 4.62. The van der Waals surface area contributed by atoms with Crippen LogP contribution in [0.4, 0.5) is 5.69 Å². The SMILES string of the molecule is CN(C)C(=O)c1cccc(NCC(=O)N2CCCCCC2)c1. The smallest absolute Gasteiger partial charge is 0.253 e. The van der Waals surface area contributed by atoms with Crippen LogP contribution in [0.2, 0.25) is 0 Å². The summed E-state index contributed by atoms with van der Waals surface area (Å²) < 4.78 is 0. The van der Waals surface area contributed by atoms with Crippen LogP contribution in [-0.2, 0) is 4.79 Å². The zero-order valence-electron chi connectivity index (χ0n) is 13.5. The zero-order chi connectivity index (χ0) is 15.9. The molecule has 0 bridgehead atoms. The molecule has 5 heteroatoms. The van der Waals surface area contributed by atoms with E-state index in [0.29, 0.717) is 5.56 Å². The van der Waals surface area contributed by atoms with E-state index in [4.69, 9.17) is 0 Å². The molecule has 120 valence electrons. The Bertz CT molecular complexity index is 520. The number of rotatable bonds is 4. The van der Waals surface area contributed by atoms with Crippen LogP contribution in [0.3, 0.4) is 0 Å². The van der Waals surface area contributed by atoms with Gasteiger partial charge in [-0.1, -0.05) is 18.9 Å². The van der Waals surface area contributed by atoms with Crippen LogP contribution in [0.15, 0.2) is 24.3 Å². The molecule has 1 aliphatic heterocycles. The number of hydrogen-bond acceptors (Lipinski definition) is 3. The van der Waals surface area contributed by atoms with E-state index in [9.17, 15) is 9.59 Å². The van der Waals surface area contributed by atoms with Crippen molar-refractivity contribution in [1.29, 1.82) is 0 Å². The molecule has 5 nitrogen and oxygen atoms in total. The summed E-state index contributed by atoms with van der Waals surface area (Å²) in [6, 6.07) is 7.28. The topological polar surface area (TPSA) is 52.7 Å². The van der Waals surface area contributed by atoms with Gasteiger partial charge in [0, 0.05) is 38.4 Å². The van der Waals surface area contributed by atoms with Gasteiger partial charge in [-0.15, -0.1) is 0 Å². The number of amides is 2. The lowest BCUT2D eigenvalue weighted by Crippen LogP contribution is -2.36.